The molecule has 0 spiro atoms. The van der Waals surface area contributed by atoms with Crippen LogP contribution in [-0.2, 0) is 13.9 Å². The van der Waals surface area contributed by atoms with Gasteiger partial charge in [0.1, 0.15) is 6.79 Å². The molecular formula is C28H52O3Si. The van der Waals surface area contributed by atoms with E-state index in [1.807, 2.05) is 5.57 Å². The van der Waals surface area contributed by atoms with E-state index in [1.54, 1.807) is 7.11 Å². The highest BCUT2D eigenvalue weighted by atomic mass is 28.4. The summed E-state index contributed by atoms with van der Waals surface area (Å²) in [6.45, 7) is 19.4. The number of methoxy groups -OCH3 is 1. The number of hydrogen-bond acceptors (Lipinski definition) is 3. The van der Waals surface area contributed by atoms with E-state index in [1.165, 1.54) is 51.4 Å². The topological polar surface area (TPSA) is 27.7 Å². The maximum atomic E-state index is 7.07. The average molecular weight is 465 g/mol. The van der Waals surface area contributed by atoms with Crippen LogP contribution in [0.25, 0.3) is 0 Å². The molecule has 0 N–H and O–H groups in total. The lowest BCUT2D eigenvalue weighted by Gasteiger charge is -2.49. The number of hydrogen-bond donors (Lipinski definition) is 0. The summed E-state index contributed by atoms with van der Waals surface area (Å²) in [6.07, 6.45) is 14.8. The molecule has 3 aliphatic rings. The van der Waals surface area contributed by atoms with Gasteiger partial charge in [0, 0.05) is 13.2 Å². The SMILES string of the molecule is COCOC(C)(C)CCC[C@@H](C1=CC[C@H]2[C@@H](O[Si](C)(C)C(C)(C)C)CCC[C@]12C)C1CC1. The molecule has 2 saturated carbocycles. The van der Waals surface area contributed by atoms with Gasteiger partial charge in [0.25, 0.3) is 0 Å². The molecule has 32 heavy (non-hydrogen) atoms. The quantitative estimate of drug-likeness (QED) is 0.175. The molecule has 4 heteroatoms. The van der Waals surface area contributed by atoms with Gasteiger partial charge in [0.15, 0.2) is 8.32 Å². The van der Waals surface area contributed by atoms with E-state index >= 15 is 0 Å². The fourth-order valence-corrected chi connectivity index (χ4v) is 7.57. The van der Waals surface area contributed by atoms with Crippen LogP contribution in [0.5, 0.6) is 0 Å². The zero-order valence-electron chi connectivity index (χ0n) is 22.7. The van der Waals surface area contributed by atoms with Crippen molar-refractivity contribution in [3.63, 3.8) is 0 Å². The first-order chi connectivity index (χ1) is 14.8. The van der Waals surface area contributed by atoms with Crippen molar-refractivity contribution in [3.05, 3.63) is 11.6 Å². The van der Waals surface area contributed by atoms with E-state index in [-0.39, 0.29) is 10.6 Å². The molecule has 0 saturated heterocycles. The van der Waals surface area contributed by atoms with E-state index in [4.69, 9.17) is 13.9 Å². The zero-order valence-corrected chi connectivity index (χ0v) is 23.7. The van der Waals surface area contributed by atoms with Gasteiger partial charge in [-0.05, 0) is 107 Å². The minimum atomic E-state index is -1.74. The fourth-order valence-electron chi connectivity index (χ4n) is 6.18. The maximum Gasteiger partial charge on any atom is 0.192 e. The molecule has 4 atom stereocenters. The van der Waals surface area contributed by atoms with Crippen molar-refractivity contribution in [1.82, 2.24) is 0 Å². The third-order valence-corrected chi connectivity index (χ3v) is 13.9. The van der Waals surface area contributed by atoms with Crippen LogP contribution >= 0.6 is 0 Å². The molecule has 0 radical (unpaired) electrons. The molecule has 0 aromatic heterocycles. The molecule has 186 valence electrons. The van der Waals surface area contributed by atoms with Gasteiger partial charge in [-0.25, -0.2) is 0 Å². The number of ether oxygens (including phenoxy) is 2. The van der Waals surface area contributed by atoms with Crippen LogP contribution in [-0.4, -0.2) is 33.9 Å². The van der Waals surface area contributed by atoms with Gasteiger partial charge < -0.3 is 13.9 Å². The van der Waals surface area contributed by atoms with Crippen LogP contribution in [0.3, 0.4) is 0 Å². The summed E-state index contributed by atoms with van der Waals surface area (Å²) < 4.78 is 18.1. The predicted octanol–water partition coefficient (Wildman–Crippen LogP) is 8.11. The fraction of sp³-hybridized carbons (Fsp3) is 0.929. The number of rotatable bonds is 11. The minimum absolute atomic E-state index is 0.104. The summed E-state index contributed by atoms with van der Waals surface area (Å²) >= 11 is 0. The van der Waals surface area contributed by atoms with Gasteiger partial charge in [-0.1, -0.05) is 45.8 Å². The van der Waals surface area contributed by atoms with Crippen molar-refractivity contribution in [2.24, 2.45) is 23.2 Å². The Balaban J connectivity index is 1.67. The second-order valence-electron chi connectivity index (χ2n) is 13.4. The molecule has 3 nitrogen and oxygen atoms in total. The minimum Gasteiger partial charge on any atom is -0.414 e. The Morgan fingerprint density at radius 1 is 1.12 bits per heavy atom. The van der Waals surface area contributed by atoms with Crippen molar-refractivity contribution < 1.29 is 13.9 Å². The molecular weight excluding hydrogens is 412 g/mol. The lowest BCUT2D eigenvalue weighted by molar-refractivity contribution is -0.118. The third-order valence-electron chi connectivity index (χ3n) is 9.41. The summed E-state index contributed by atoms with van der Waals surface area (Å²) in [7, 11) is -0.0407. The van der Waals surface area contributed by atoms with Crippen molar-refractivity contribution in [3.8, 4) is 0 Å². The van der Waals surface area contributed by atoms with Crippen molar-refractivity contribution in [2.75, 3.05) is 13.9 Å². The van der Waals surface area contributed by atoms with Crippen molar-refractivity contribution >= 4 is 8.32 Å². The molecule has 2 fully saturated rings. The zero-order chi connectivity index (χ0) is 23.8. The van der Waals surface area contributed by atoms with Crippen LogP contribution in [0.2, 0.25) is 18.1 Å². The van der Waals surface area contributed by atoms with Crippen LogP contribution in [0.1, 0.15) is 99.3 Å². The third kappa shape index (κ3) is 5.90. The molecule has 0 aromatic carbocycles. The monoisotopic (exact) mass is 464 g/mol. The molecule has 3 rings (SSSR count). The molecule has 0 heterocycles. The van der Waals surface area contributed by atoms with Gasteiger partial charge in [-0.3, -0.25) is 0 Å². The predicted molar refractivity (Wildman–Crippen MR) is 137 cm³/mol. The Labute approximate surface area is 200 Å². The summed E-state index contributed by atoms with van der Waals surface area (Å²) in [5.41, 5.74) is 2.05. The second-order valence-corrected chi connectivity index (χ2v) is 18.1. The molecule has 0 aromatic rings. The van der Waals surface area contributed by atoms with E-state index in [2.05, 4.69) is 60.7 Å². The Hall–Kier alpha value is -0.163. The molecule has 0 amide bonds. The van der Waals surface area contributed by atoms with E-state index < -0.39 is 8.32 Å². The molecule has 0 unspecified atom stereocenters. The highest BCUT2D eigenvalue weighted by Gasteiger charge is 2.53. The molecule has 0 bridgehead atoms. The Kier molecular flexibility index (Phi) is 8.13. The van der Waals surface area contributed by atoms with E-state index in [0.717, 1.165) is 18.3 Å². The molecule has 0 aliphatic heterocycles. The standard InChI is InChI=1S/C28H52O3Si/c1-26(2,3)32(8,9)31-25-13-11-19-28(6)23(16-17-24(25)28)22(21-14-15-21)12-10-18-27(4,5)30-20-29-7/h16,21-22,24-25H,10-15,17-20H2,1-9H3/t22-,24+,25+,28-/m1/s1. The van der Waals surface area contributed by atoms with Crippen LogP contribution in [0.4, 0.5) is 0 Å². The normalized spacial score (nSPS) is 30.2. The Morgan fingerprint density at radius 3 is 2.41 bits per heavy atom. The summed E-state index contributed by atoms with van der Waals surface area (Å²) in [6, 6.07) is 0. The van der Waals surface area contributed by atoms with Gasteiger partial charge in [-0.2, -0.15) is 0 Å². The van der Waals surface area contributed by atoms with E-state index in [9.17, 15) is 0 Å². The highest BCUT2D eigenvalue weighted by Crippen LogP contribution is 2.60. The summed E-state index contributed by atoms with van der Waals surface area (Å²) in [4.78, 5) is 0. The first kappa shape index (κ1) is 26.4. The number of allylic oxidation sites excluding steroid dienone is 2. The molecule has 3 aliphatic carbocycles. The smallest absolute Gasteiger partial charge is 0.192 e. The van der Waals surface area contributed by atoms with Gasteiger partial charge >= 0.3 is 0 Å². The average Bonchev–Trinajstić information content (AvgIpc) is 3.45. The van der Waals surface area contributed by atoms with Gasteiger partial charge in [0.05, 0.1) is 5.60 Å². The van der Waals surface area contributed by atoms with Crippen LogP contribution < -0.4 is 0 Å². The highest BCUT2D eigenvalue weighted by molar-refractivity contribution is 6.74. The maximum absolute atomic E-state index is 7.07. The van der Waals surface area contributed by atoms with Gasteiger partial charge in [0.2, 0.25) is 0 Å². The largest absolute Gasteiger partial charge is 0.414 e. The van der Waals surface area contributed by atoms with Crippen molar-refractivity contribution in [1.29, 1.82) is 0 Å². The van der Waals surface area contributed by atoms with Crippen LogP contribution in [0.15, 0.2) is 11.6 Å². The second kappa shape index (κ2) is 9.83. The first-order valence-electron chi connectivity index (χ1n) is 13.3. The van der Waals surface area contributed by atoms with E-state index in [0.29, 0.717) is 24.2 Å². The summed E-state index contributed by atoms with van der Waals surface area (Å²) in [5.74, 6) is 2.37. The van der Waals surface area contributed by atoms with Crippen molar-refractivity contribution in [2.45, 2.75) is 129 Å². The summed E-state index contributed by atoms with van der Waals surface area (Å²) in [5, 5.41) is 0.282. The first-order valence-corrected chi connectivity index (χ1v) is 16.2. The lowest BCUT2D eigenvalue weighted by atomic mass is 9.62. The number of fused-ring (bicyclic) bond motifs is 1. The Bertz CT molecular complexity index is 658. The lowest BCUT2D eigenvalue weighted by Crippen LogP contribution is -2.49. The van der Waals surface area contributed by atoms with Gasteiger partial charge in [-0.15, -0.1) is 0 Å². The Morgan fingerprint density at radius 2 is 1.81 bits per heavy atom. The van der Waals surface area contributed by atoms with Crippen LogP contribution in [0, 0.1) is 23.2 Å².